The highest BCUT2D eigenvalue weighted by Gasteiger charge is 2.23. The van der Waals surface area contributed by atoms with Crippen molar-refractivity contribution in [2.24, 2.45) is 11.8 Å². The maximum Gasteiger partial charge on any atom is 0.225 e. The number of carbonyl (C=O) groups is 1. The molecule has 1 fully saturated rings. The fraction of sp³-hybridized carbons (Fsp3) is 0.923. The van der Waals surface area contributed by atoms with Crippen LogP contribution in [0.1, 0.15) is 46.0 Å². The van der Waals surface area contributed by atoms with Gasteiger partial charge in [-0.1, -0.05) is 33.1 Å². The van der Waals surface area contributed by atoms with Gasteiger partial charge in [-0.25, -0.2) is 0 Å². The molecular weight excluding hydrogens is 202 g/mol. The monoisotopic (exact) mass is 227 g/mol. The van der Waals surface area contributed by atoms with Crippen molar-refractivity contribution >= 4 is 5.91 Å². The van der Waals surface area contributed by atoms with Crippen LogP contribution < -0.4 is 5.32 Å². The molecule has 1 aliphatic rings. The van der Waals surface area contributed by atoms with Crippen molar-refractivity contribution in [3.8, 4) is 0 Å². The first kappa shape index (κ1) is 13.5. The van der Waals surface area contributed by atoms with Gasteiger partial charge in [-0.3, -0.25) is 4.79 Å². The van der Waals surface area contributed by atoms with Crippen molar-refractivity contribution in [3.63, 3.8) is 0 Å². The highest BCUT2D eigenvalue weighted by atomic mass is 16.5. The molecule has 1 aliphatic heterocycles. The minimum Gasteiger partial charge on any atom is -0.381 e. The molecule has 1 amide bonds. The normalized spacial score (nSPS) is 22.0. The van der Waals surface area contributed by atoms with Crippen molar-refractivity contribution in [1.29, 1.82) is 0 Å². The van der Waals surface area contributed by atoms with Crippen LogP contribution in [0.4, 0.5) is 0 Å². The summed E-state index contributed by atoms with van der Waals surface area (Å²) in [4.78, 5) is 11.7. The summed E-state index contributed by atoms with van der Waals surface area (Å²) in [5, 5.41) is 3.07. The summed E-state index contributed by atoms with van der Waals surface area (Å²) < 4.78 is 5.22. The standard InChI is InChI=1S/C13H25NO2/c1-3-5-6-11(4-2)9-14-13(15)12-7-8-16-10-12/h11-12H,3-10H2,1-2H3,(H,14,15)/t11-,12-/m1/s1. The maximum atomic E-state index is 11.7. The molecule has 1 N–H and O–H groups in total. The lowest BCUT2D eigenvalue weighted by atomic mass is 9.99. The van der Waals surface area contributed by atoms with Crippen molar-refractivity contribution < 1.29 is 9.53 Å². The zero-order chi connectivity index (χ0) is 11.8. The molecular formula is C13H25NO2. The minimum absolute atomic E-state index is 0.101. The molecule has 0 saturated carbocycles. The van der Waals surface area contributed by atoms with Crippen LogP contribution in [-0.2, 0) is 9.53 Å². The van der Waals surface area contributed by atoms with Gasteiger partial charge in [-0.2, -0.15) is 0 Å². The Morgan fingerprint density at radius 3 is 2.88 bits per heavy atom. The average Bonchev–Trinajstić information content (AvgIpc) is 2.82. The summed E-state index contributed by atoms with van der Waals surface area (Å²) in [6.07, 6.45) is 5.77. The first-order chi connectivity index (χ1) is 7.77. The molecule has 0 spiro atoms. The molecule has 1 heterocycles. The Hall–Kier alpha value is -0.570. The Morgan fingerprint density at radius 2 is 2.31 bits per heavy atom. The Balaban J connectivity index is 2.17. The third-order valence-corrected chi connectivity index (χ3v) is 3.41. The maximum absolute atomic E-state index is 11.7. The highest BCUT2D eigenvalue weighted by molar-refractivity contribution is 5.78. The molecule has 0 unspecified atom stereocenters. The van der Waals surface area contributed by atoms with E-state index in [4.69, 9.17) is 4.74 Å². The van der Waals surface area contributed by atoms with Crippen LogP contribution in [0.15, 0.2) is 0 Å². The van der Waals surface area contributed by atoms with Gasteiger partial charge in [0.2, 0.25) is 5.91 Å². The van der Waals surface area contributed by atoms with E-state index in [0.717, 1.165) is 26.0 Å². The summed E-state index contributed by atoms with van der Waals surface area (Å²) in [5.41, 5.74) is 0. The first-order valence-corrected chi connectivity index (χ1v) is 6.63. The van der Waals surface area contributed by atoms with Crippen molar-refractivity contribution in [2.75, 3.05) is 19.8 Å². The second kappa shape index (κ2) is 7.66. The topological polar surface area (TPSA) is 38.3 Å². The molecule has 3 heteroatoms. The second-order valence-electron chi connectivity index (χ2n) is 4.72. The van der Waals surface area contributed by atoms with Crippen LogP contribution in [0.5, 0.6) is 0 Å². The Kier molecular flexibility index (Phi) is 6.46. The van der Waals surface area contributed by atoms with Gasteiger partial charge < -0.3 is 10.1 Å². The van der Waals surface area contributed by atoms with Gasteiger partial charge >= 0.3 is 0 Å². The van der Waals surface area contributed by atoms with Crippen molar-refractivity contribution in [3.05, 3.63) is 0 Å². The van der Waals surface area contributed by atoms with Crippen molar-refractivity contribution in [1.82, 2.24) is 5.32 Å². The molecule has 0 aromatic heterocycles. The summed E-state index contributed by atoms with van der Waals surface area (Å²) in [6.45, 7) is 6.60. The summed E-state index contributed by atoms with van der Waals surface area (Å²) in [6, 6.07) is 0. The fourth-order valence-electron chi connectivity index (χ4n) is 2.07. The molecule has 16 heavy (non-hydrogen) atoms. The van der Waals surface area contributed by atoms with Crippen LogP contribution >= 0.6 is 0 Å². The molecule has 0 aliphatic carbocycles. The van der Waals surface area contributed by atoms with Crippen molar-refractivity contribution in [2.45, 2.75) is 46.0 Å². The molecule has 1 saturated heterocycles. The summed E-state index contributed by atoms with van der Waals surface area (Å²) >= 11 is 0. The summed E-state index contributed by atoms with van der Waals surface area (Å²) in [5.74, 6) is 0.933. The molecule has 94 valence electrons. The lowest BCUT2D eigenvalue weighted by molar-refractivity contribution is -0.125. The zero-order valence-electron chi connectivity index (χ0n) is 10.6. The highest BCUT2D eigenvalue weighted by Crippen LogP contribution is 2.14. The number of hydrogen-bond donors (Lipinski definition) is 1. The van der Waals surface area contributed by atoms with E-state index in [0.29, 0.717) is 12.5 Å². The number of rotatable bonds is 7. The Morgan fingerprint density at radius 1 is 1.50 bits per heavy atom. The Bertz CT molecular complexity index is 200. The van der Waals surface area contributed by atoms with Gasteiger partial charge in [0, 0.05) is 13.2 Å². The van der Waals surface area contributed by atoms with E-state index in [2.05, 4.69) is 19.2 Å². The van der Waals surface area contributed by atoms with Crippen LogP contribution in [-0.4, -0.2) is 25.7 Å². The van der Waals surface area contributed by atoms with Gasteiger partial charge in [0.15, 0.2) is 0 Å². The third kappa shape index (κ3) is 4.52. The molecule has 3 nitrogen and oxygen atoms in total. The number of hydrogen-bond acceptors (Lipinski definition) is 2. The van der Waals surface area contributed by atoms with Gasteiger partial charge in [0.25, 0.3) is 0 Å². The molecule has 0 aromatic rings. The minimum atomic E-state index is 0.101. The average molecular weight is 227 g/mol. The molecule has 0 radical (unpaired) electrons. The second-order valence-corrected chi connectivity index (χ2v) is 4.72. The zero-order valence-corrected chi connectivity index (χ0v) is 10.6. The lowest BCUT2D eigenvalue weighted by Gasteiger charge is -2.16. The van der Waals surface area contributed by atoms with Gasteiger partial charge in [-0.15, -0.1) is 0 Å². The first-order valence-electron chi connectivity index (χ1n) is 6.63. The van der Waals surface area contributed by atoms with Gasteiger partial charge in [0.1, 0.15) is 0 Å². The molecule has 1 rings (SSSR count). The predicted molar refractivity (Wildman–Crippen MR) is 65.2 cm³/mol. The summed E-state index contributed by atoms with van der Waals surface area (Å²) in [7, 11) is 0. The van der Waals surface area contributed by atoms with E-state index in [9.17, 15) is 4.79 Å². The van der Waals surface area contributed by atoms with E-state index < -0.39 is 0 Å². The third-order valence-electron chi connectivity index (χ3n) is 3.41. The molecule has 0 bridgehead atoms. The van der Waals surface area contributed by atoms with E-state index in [1.54, 1.807) is 0 Å². The quantitative estimate of drug-likeness (QED) is 0.725. The molecule has 0 aromatic carbocycles. The number of amides is 1. The van der Waals surface area contributed by atoms with Crippen LogP contribution in [0.25, 0.3) is 0 Å². The van der Waals surface area contributed by atoms with Gasteiger partial charge in [-0.05, 0) is 18.8 Å². The van der Waals surface area contributed by atoms with Crippen LogP contribution in [0, 0.1) is 11.8 Å². The van der Waals surface area contributed by atoms with Crippen LogP contribution in [0.3, 0.4) is 0 Å². The smallest absolute Gasteiger partial charge is 0.225 e. The number of unbranched alkanes of at least 4 members (excludes halogenated alkanes) is 1. The number of nitrogens with one attached hydrogen (secondary N) is 1. The van der Waals surface area contributed by atoms with Crippen LogP contribution in [0.2, 0.25) is 0 Å². The van der Waals surface area contributed by atoms with E-state index in [1.807, 2.05) is 0 Å². The SMILES string of the molecule is CCCC[C@@H](CC)CNC(=O)[C@@H]1CCOC1. The number of carbonyl (C=O) groups excluding carboxylic acids is 1. The predicted octanol–water partition coefficient (Wildman–Crippen LogP) is 2.36. The lowest BCUT2D eigenvalue weighted by Crippen LogP contribution is -2.34. The van der Waals surface area contributed by atoms with E-state index in [-0.39, 0.29) is 11.8 Å². The van der Waals surface area contributed by atoms with E-state index >= 15 is 0 Å². The largest absolute Gasteiger partial charge is 0.381 e. The van der Waals surface area contributed by atoms with Gasteiger partial charge in [0.05, 0.1) is 12.5 Å². The fourth-order valence-corrected chi connectivity index (χ4v) is 2.07. The Labute approximate surface area is 98.9 Å². The molecule has 2 atom stereocenters. The number of ether oxygens (including phenoxy) is 1. The van der Waals surface area contributed by atoms with E-state index in [1.165, 1.54) is 19.3 Å².